The first kappa shape index (κ1) is 37.4. The molecule has 0 fully saturated rings. The molecule has 0 bridgehead atoms. The molecule has 67 heavy (non-hydrogen) atoms. The molecule has 5 heterocycles. The van der Waals surface area contributed by atoms with Gasteiger partial charge in [-0.15, -0.1) is 0 Å². The van der Waals surface area contributed by atoms with Crippen molar-refractivity contribution < 1.29 is 0 Å². The van der Waals surface area contributed by atoms with E-state index in [4.69, 9.17) is 0 Å². The second-order valence-corrected chi connectivity index (χ2v) is 21.4. The molecule has 0 atom stereocenters. The Morgan fingerprint density at radius 1 is 0.313 bits per heavy atom. The first-order chi connectivity index (χ1) is 32.5. The van der Waals surface area contributed by atoms with Gasteiger partial charge in [0.15, 0.2) is 0 Å². The molecule has 5 aromatic heterocycles. The number of fused-ring (bicyclic) bond motifs is 19. The third kappa shape index (κ3) is 4.81. The van der Waals surface area contributed by atoms with Crippen LogP contribution in [0.3, 0.4) is 0 Å². The highest BCUT2D eigenvalue weighted by Gasteiger charge is 2.29. The molecule has 0 spiro atoms. The maximum atomic E-state index is 2.66. The lowest BCUT2D eigenvalue weighted by atomic mass is 9.83. The van der Waals surface area contributed by atoms with Gasteiger partial charge in [0, 0.05) is 65.1 Å². The number of rotatable bonds is 2. The van der Waals surface area contributed by atoms with Crippen molar-refractivity contribution in [1.82, 2.24) is 13.4 Å². The summed E-state index contributed by atoms with van der Waals surface area (Å²) in [6.07, 6.45) is 0. The van der Waals surface area contributed by atoms with Crippen LogP contribution in [-0.4, -0.2) is 13.4 Å². The van der Waals surface area contributed by atoms with Crippen molar-refractivity contribution in [2.75, 3.05) is 0 Å². The highest BCUT2D eigenvalue weighted by molar-refractivity contribution is 6.36. The number of nitrogens with zero attached hydrogens (tertiary/aromatic N) is 3. The Kier molecular flexibility index (Phi) is 6.97. The minimum absolute atomic E-state index is 0.0555. The average molecular weight is 858 g/mol. The lowest BCUT2D eigenvalue weighted by molar-refractivity contribution is 0.591. The Hall–Kier alpha value is -7.88. The molecule has 15 rings (SSSR count). The van der Waals surface area contributed by atoms with E-state index in [1.54, 1.807) is 0 Å². The minimum Gasteiger partial charge on any atom is -0.309 e. The van der Waals surface area contributed by atoms with Gasteiger partial charge >= 0.3 is 0 Å². The summed E-state index contributed by atoms with van der Waals surface area (Å²) in [7, 11) is 0. The van der Waals surface area contributed by atoms with E-state index < -0.39 is 0 Å². The van der Waals surface area contributed by atoms with Gasteiger partial charge in [0.05, 0.1) is 44.1 Å². The van der Waals surface area contributed by atoms with Crippen LogP contribution in [0, 0.1) is 0 Å². The molecular weight excluding hydrogens is 811 g/mol. The molecule has 318 valence electrons. The number of hydrogen-bond acceptors (Lipinski definition) is 0. The van der Waals surface area contributed by atoms with Crippen LogP contribution in [0.5, 0.6) is 0 Å². The predicted molar refractivity (Wildman–Crippen MR) is 288 cm³/mol. The van der Waals surface area contributed by atoms with Crippen LogP contribution in [0.2, 0.25) is 0 Å². The topological polar surface area (TPSA) is 13.8 Å². The van der Waals surface area contributed by atoms with Gasteiger partial charge in [-0.05, 0) is 128 Å². The summed E-state index contributed by atoms with van der Waals surface area (Å²) < 4.78 is 7.67. The highest BCUT2D eigenvalue weighted by atomic mass is 15.0. The number of para-hydroxylation sites is 2. The van der Waals surface area contributed by atoms with Gasteiger partial charge in [-0.1, -0.05) is 139 Å². The zero-order valence-electron chi connectivity index (χ0n) is 38.6. The van der Waals surface area contributed by atoms with E-state index in [9.17, 15) is 0 Å². The van der Waals surface area contributed by atoms with E-state index in [1.807, 2.05) is 0 Å². The summed E-state index contributed by atoms with van der Waals surface area (Å²) in [4.78, 5) is 0. The fraction of sp³-hybridized carbons (Fsp3) is 0.125. The Balaban J connectivity index is 1.13. The van der Waals surface area contributed by atoms with Gasteiger partial charge in [0.1, 0.15) is 0 Å². The fourth-order valence-electron chi connectivity index (χ4n) is 12.3. The lowest BCUT2D eigenvalue weighted by Crippen LogP contribution is -2.11. The smallest absolute Gasteiger partial charge is 0.0627 e. The zero-order chi connectivity index (χ0) is 44.8. The molecule has 10 aromatic carbocycles. The van der Waals surface area contributed by atoms with Crippen molar-refractivity contribution in [3.8, 4) is 16.8 Å². The molecule has 0 N–H and O–H groups in total. The summed E-state index contributed by atoms with van der Waals surface area (Å²) in [5, 5.41) is 18.2. The average Bonchev–Trinajstić information content (AvgIpc) is 4.12. The van der Waals surface area contributed by atoms with Crippen LogP contribution >= 0.6 is 0 Å². The molecule has 0 aliphatic rings. The Bertz CT molecular complexity index is 4620. The number of aromatic nitrogens is 3. The van der Waals surface area contributed by atoms with Crippen molar-refractivity contribution >= 4 is 120 Å². The van der Waals surface area contributed by atoms with E-state index in [2.05, 4.69) is 231 Å². The van der Waals surface area contributed by atoms with Crippen molar-refractivity contribution in [2.24, 2.45) is 0 Å². The Labute approximate surface area is 387 Å². The molecule has 0 amide bonds. The molecule has 0 aliphatic heterocycles. The van der Waals surface area contributed by atoms with Gasteiger partial charge in [-0.3, -0.25) is 0 Å². The molecule has 3 nitrogen and oxygen atoms in total. The molecule has 15 aromatic rings. The van der Waals surface area contributed by atoms with Crippen molar-refractivity contribution in [3.05, 3.63) is 187 Å². The van der Waals surface area contributed by atoms with Gasteiger partial charge in [0.25, 0.3) is 0 Å². The summed E-state index contributed by atoms with van der Waals surface area (Å²) >= 11 is 0. The SMILES string of the molecule is CC(C)(C)c1cc(-c2ccc3c(c2)c2ccccc2n3-c2ccccc2)c2c(c1)c1cc(C(C)(C)C)cc3c4cc5c(cc4n2c31)c1c2ccccc2cc2c3c4ccccc4ccc3n5c21. The maximum Gasteiger partial charge on any atom is 0.0627 e. The summed E-state index contributed by atoms with van der Waals surface area (Å²) in [5.74, 6) is 0. The Morgan fingerprint density at radius 2 is 0.881 bits per heavy atom. The monoisotopic (exact) mass is 857 g/mol. The third-order valence-electron chi connectivity index (χ3n) is 15.5. The second-order valence-electron chi connectivity index (χ2n) is 21.4. The van der Waals surface area contributed by atoms with Crippen LogP contribution in [0.1, 0.15) is 52.7 Å². The van der Waals surface area contributed by atoms with Crippen LogP contribution in [-0.2, 0) is 10.8 Å². The first-order valence-corrected chi connectivity index (χ1v) is 23.8. The summed E-state index contributed by atoms with van der Waals surface area (Å²) in [6, 6.07) is 67.1. The van der Waals surface area contributed by atoms with Crippen LogP contribution < -0.4 is 0 Å². The molecule has 0 saturated heterocycles. The van der Waals surface area contributed by atoms with Crippen LogP contribution in [0.15, 0.2) is 176 Å². The van der Waals surface area contributed by atoms with Gasteiger partial charge in [0.2, 0.25) is 0 Å². The normalized spacial score (nSPS) is 13.2. The minimum atomic E-state index is -0.0700. The van der Waals surface area contributed by atoms with Crippen molar-refractivity contribution in [2.45, 2.75) is 52.4 Å². The van der Waals surface area contributed by atoms with E-state index in [1.165, 1.54) is 147 Å². The first-order valence-electron chi connectivity index (χ1n) is 23.8. The van der Waals surface area contributed by atoms with Crippen LogP contribution in [0.25, 0.3) is 136 Å². The quantitative estimate of drug-likeness (QED) is 0.164. The number of hydrogen-bond donors (Lipinski definition) is 0. The standard InChI is InChI=1S/C64H47N3/c1-63(2,3)39-30-45(38-25-26-54-46(28-38)44-22-14-15-23-53(44)65(54)41-18-8-7-9-19-41)60-49(32-39)50-33-40(64(4,5)6)31-48-47-34-57-51(35-56(47)67(60)61(48)50)59-43-21-13-11-17-37(43)29-52-58-42-20-12-10-16-36(42)24-27-55(58)66(57)62(52)59/h7-35H,1-6H3. The van der Waals surface area contributed by atoms with E-state index in [0.717, 1.165) is 0 Å². The van der Waals surface area contributed by atoms with Crippen molar-refractivity contribution in [1.29, 1.82) is 0 Å². The fourth-order valence-corrected chi connectivity index (χ4v) is 12.3. The molecule has 0 radical (unpaired) electrons. The van der Waals surface area contributed by atoms with Gasteiger partial charge in [-0.2, -0.15) is 0 Å². The van der Waals surface area contributed by atoms with Gasteiger partial charge in [-0.25, -0.2) is 0 Å². The lowest BCUT2D eigenvalue weighted by Gasteiger charge is -2.22. The Morgan fingerprint density at radius 3 is 1.64 bits per heavy atom. The van der Waals surface area contributed by atoms with Gasteiger partial charge < -0.3 is 13.4 Å². The molecular formula is C64H47N3. The maximum absolute atomic E-state index is 2.66. The van der Waals surface area contributed by atoms with Crippen molar-refractivity contribution in [3.63, 3.8) is 0 Å². The summed E-state index contributed by atoms with van der Waals surface area (Å²) in [6.45, 7) is 14.2. The third-order valence-corrected chi connectivity index (χ3v) is 15.5. The largest absolute Gasteiger partial charge is 0.309 e. The van der Waals surface area contributed by atoms with E-state index in [0.29, 0.717) is 0 Å². The molecule has 3 heteroatoms. The summed E-state index contributed by atoms with van der Waals surface area (Å²) in [5.41, 5.74) is 16.4. The molecule has 0 unspecified atom stereocenters. The second kappa shape index (κ2) is 12.5. The molecule has 0 saturated carbocycles. The molecule has 0 aliphatic carbocycles. The van der Waals surface area contributed by atoms with Crippen LogP contribution in [0.4, 0.5) is 0 Å². The predicted octanol–water partition coefficient (Wildman–Crippen LogP) is 17.7. The highest BCUT2D eigenvalue weighted by Crippen LogP contribution is 2.50. The number of benzene rings is 10. The zero-order valence-corrected chi connectivity index (χ0v) is 38.6. The van der Waals surface area contributed by atoms with E-state index in [-0.39, 0.29) is 10.8 Å². The van der Waals surface area contributed by atoms with E-state index >= 15 is 0 Å².